The zero-order valence-corrected chi connectivity index (χ0v) is 20.1. The molecule has 2 unspecified atom stereocenters. The quantitative estimate of drug-likeness (QED) is 0.671. The molecular weight excluding hydrogens is 432 g/mol. The Bertz CT molecular complexity index is 1070. The number of rotatable bonds is 6. The number of carboxylic acids is 1. The van der Waals surface area contributed by atoms with Gasteiger partial charge in [0.15, 0.2) is 0 Å². The summed E-state index contributed by atoms with van der Waals surface area (Å²) in [6.07, 6.45) is -0.570. The molecule has 1 aliphatic carbocycles. The van der Waals surface area contributed by atoms with Crippen LogP contribution in [-0.4, -0.2) is 53.7 Å². The third-order valence-electron chi connectivity index (χ3n) is 7.73. The van der Waals surface area contributed by atoms with Gasteiger partial charge >= 0.3 is 12.1 Å². The van der Waals surface area contributed by atoms with E-state index < -0.39 is 29.4 Å². The van der Waals surface area contributed by atoms with Crippen LogP contribution in [0.2, 0.25) is 0 Å². The summed E-state index contributed by atoms with van der Waals surface area (Å²) < 4.78 is 5.59. The smallest absolute Gasteiger partial charge is 0.407 e. The lowest BCUT2D eigenvalue weighted by Gasteiger charge is -2.27. The van der Waals surface area contributed by atoms with Crippen LogP contribution in [0, 0.1) is 17.3 Å². The van der Waals surface area contributed by atoms with Crippen molar-refractivity contribution in [3.8, 4) is 11.1 Å². The van der Waals surface area contributed by atoms with Gasteiger partial charge in [-0.3, -0.25) is 9.59 Å². The molecule has 1 heterocycles. The number of ether oxygens (including phenoxy) is 1. The maximum atomic E-state index is 13.0. The molecule has 1 saturated heterocycles. The highest BCUT2D eigenvalue weighted by Crippen LogP contribution is 2.44. The number of hydrogen-bond donors (Lipinski definition) is 2. The zero-order valence-electron chi connectivity index (χ0n) is 20.1. The van der Waals surface area contributed by atoms with E-state index in [1.165, 1.54) is 0 Å². The van der Waals surface area contributed by atoms with Gasteiger partial charge in [0.05, 0.1) is 11.3 Å². The van der Waals surface area contributed by atoms with Gasteiger partial charge in [-0.15, -0.1) is 0 Å². The Hall–Kier alpha value is -3.35. The summed E-state index contributed by atoms with van der Waals surface area (Å²) in [5.41, 5.74) is 3.63. The van der Waals surface area contributed by atoms with Crippen LogP contribution in [-0.2, 0) is 14.3 Å². The van der Waals surface area contributed by atoms with Crippen molar-refractivity contribution in [3.05, 3.63) is 59.7 Å². The Balaban J connectivity index is 1.35. The number of carbonyl (C=O) groups excluding carboxylic acids is 2. The number of alkyl carbamates (subject to hydrolysis) is 1. The highest BCUT2D eigenvalue weighted by Gasteiger charge is 2.48. The first-order chi connectivity index (χ1) is 16.1. The molecule has 4 atom stereocenters. The minimum atomic E-state index is -0.959. The van der Waals surface area contributed by atoms with Gasteiger partial charge in [-0.1, -0.05) is 62.4 Å². The standard InChI is InChI=1S/C27H32N2O5/c1-16-13-29(15-27(16,4)25(31)32)24(30)17(2)18(3)28-26(33)34-14-23-21-11-7-5-9-19(21)20-10-6-8-12-22(20)23/h5-12,16-18,23H,13-15H2,1-4H3,(H,28,33)(H,31,32)/t16-,17?,18?,27-/m1/s1. The molecule has 7 nitrogen and oxygen atoms in total. The molecule has 0 saturated carbocycles. The summed E-state index contributed by atoms with van der Waals surface area (Å²) in [5.74, 6) is -1.75. The number of carboxylic acid groups (broad SMARTS) is 1. The Morgan fingerprint density at radius 2 is 1.65 bits per heavy atom. The van der Waals surface area contributed by atoms with Crippen molar-refractivity contribution in [1.82, 2.24) is 10.2 Å². The average Bonchev–Trinajstić information content (AvgIpc) is 3.31. The minimum Gasteiger partial charge on any atom is -0.481 e. The Morgan fingerprint density at radius 3 is 2.18 bits per heavy atom. The Morgan fingerprint density at radius 1 is 1.09 bits per heavy atom. The second kappa shape index (κ2) is 9.12. The SMILES string of the molecule is CC(NC(=O)OCC1c2ccccc2-c2ccccc21)C(C)C(=O)N1C[C@@H](C)[C@](C)(C(=O)O)C1. The molecule has 2 N–H and O–H groups in total. The topological polar surface area (TPSA) is 95.9 Å². The van der Waals surface area contributed by atoms with Crippen LogP contribution in [0.1, 0.15) is 44.7 Å². The Kier molecular flexibility index (Phi) is 6.39. The number of aliphatic carboxylic acids is 1. The van der Waals surface area contributed by atoms with Gasteiger partial charge in [0, 0.05) is 25.0 Å². The lowest BCUT2D eigenvalue weighted by Crippen LogP contribution is -2.46. The minimum absolute atomic E-state index is 0.0349. The zero-order chi connectivity index (χ0) is 24.6. The molecule has 0 spiro atoms. The molecule has 0 aromatic heterocycles. The van der Waals surface area contributed by atoms with E-state index in [1.807, 2.05) is 31.2 Å². The van der Waals surface area contributed by atoms with Gasteiger partial charge in [-0.05, 0) is 42.0 Å². The van der Waals surface area contributed by atoms with Crippen LogP contribution >= 0.6 is 0 Å². The fourth-order valence-electron chi connectivity index (χ4n) is 5.05. The van der Waals surface area contributed by atoms with Crippen molar-refractivity contribution in [2.45, 2.75) is 39.7 Å². The molecule has 4 rings (SSSR count). The van der Waals surface area contributed by atoms with Crippen LogP contribution in [0.15, 0.2) is 48.5 Å². The van der Waals surface area contributed by atoms with E-state index in [4.69, 9.17) is 4.74 Å². The number of fused-ring (bicyclic) bond motifs is 3. The summed E-state index contributed by atoms with van der Waals surface area (Å²) in [6.45, 7) is 7.81. The number of nitrogens with zero attached hydrogens (tertiary/aromatic N) is 1. The maximum Gasteiger partial charge on any atom is 0.407 e. The first-order valence-corrected chi connectivity index (χ1v) is 11.8. The second-order valence-electron chi connectivity index (χ2n) is 9.89. The number of hydrogen-bond acceptors (Lipinski definition) is 4. The molecule has 0 radical (unpaired) electrons. The molecule has 1 fully saturated rings. The van der Waals surface area contributed by atoms with Gasteiger partial charge in [0.25, 0.3) is 0 Å². The number of likely N-dealkylation sites (tertiary alicyclic amines) is 1. The molecule has 0 bridgehead atoms. The summed E-state index contributed by atoms with van der Waals surface area (Å²) in [7, 11) is 0. The third kappa shape index (κ3) is 4.15. The lowest BCUT2D eigenvalue weighted by molar-refractivity contribution is -0.149. The number of amides is 2. The predicted molar refractivity (Wildman–Crippen MR) is 128 cm³/mol. The van der Waals surface area contributed by atoms with Crippen molar-refractivity contribution in [1.29, 1.82) is 0 Å². The van der Waals surface area contributed by atoms with Gasteiger partial charge in [0.1, 0.15) is 6.61 Å². The number of carbonyl (C=O) groups is 3. The van der Waals surface area contributed by atoms with E-state index in [0.29, 0.717) is 6.54 Å². The molecule has 2 aliphatic rings. The Labute approximate surface area is 200 Å². The molecule has 1 aliphatic heterocycles. The summed E-state index contributed by atoms with van der Waals surface area (Å²) in [4.78, 5) is 38.9. The van der Waals surface area contributed by atoms with Crippen molar-refractivity contribution in [2.75, 3.05) is 19.7 Å². The van der Waals surface area contributed by atoms with E-state index in [1.54, 1.807) is 25.7 Å². The van der Waals surface area contributed by atoms with Crippen LogP contribution < -0.4 is 5.32 Å². The molecule has 2 aromatic rings. The first kappa shape index (κ1) is 23.8. The fourth-order valence-corrected chi connectivity index (χ4v) is 5.05. The van der Waals surface area contributed by atoms with Gasteiger partial charge in [0.2, 0.25) is 5.91 Å². The van der Waals surface area contributed by atoms with Gasteiger partial charge < -0.3 is 20.1 Å². The highest BCUT2D eigenvalue weighted by molar-refractivity contribution is 5.83. The van der Waals surface area contributed by atoms with Crippen LogP contribution in [0.3, 0.4) is 0 Å². The van der Waals surface area contributed by atoms with Crippen molar-refractivity contribution < 1.29 is 24.2 Å². The van der Waals surface area contributed by atoms with E-state index >= 15 is 0 Å². The molecule has 2 aromatic carbocycles. The van der Waals surface area contributed by atoms with Crippen LogP contribution in [0.4, 0.5) is 4.79 Å². The van der Waals surface area contributed by atoms with Crippen molar-refractivity contribution in [2.24, 2.45) is 17.3 Å². The van der Waals surface area contributed by atoms with E-state index in [9.17, 15) is 19.5 Å². The van der Waals surface area contributed by atoms with E-state index in [-0.39, 0.29) is 30.9 Å². The average molecular weight is 465 g/mol. The van der Waals surface area contributed by atoms with Gasteiger partial charge in [-0.2, -0.15) is 0 Å². The fraction of sp³-hybridized carbons (Fsp3) is 0.444. The van der Waals surface area contributed by atoms with Crippen molar-refractivity contribution >= 4 is 18.0 Å². The molecular formula is C27H32N2O5. The molecule has 180 valence electrons. The van der Waals surface area contributed by atoms with E-state index in [2.05, 4.69) is 29.6 Å². The summed E-state index contributed by atoms with van der Waals surface area (Å²) in [5, 5.41) is 12.4. The normalized spacial score (nSPS) is 23.1. The van der Waals surface area contributed by atoms with Crippen molar-refractivity contribution in [3.63, 3.8) is 0 Å². The number of nitrogens with one attached hydrogen (secondary N) is 1. The summed E-state index contributed by atoms with van der Waals surface area (Å²) in [6, 6.07) is 15.8. The van der Waals surface area contributed by atoms with Crippen LogP contribution in [0.5, 0.6) is 0 Å². The molecule has 34 heavy (non-hydrogen) atoms. The van der Waals surface area contributed by atoms with Gasteiger partial charge in [-0.25, -0.2) is 4.79 Å². The largest absolute Gasteiger partial charge is 0.481 e. The van der Waals surface area contributed by atoms with Crippen LogP contribution in [0.25, 0.3) is 11.1 Å². The molecule has 2 amide bonds. The monoisotopic (exact) mass is 464 g/mol. The lowest BCUT2D eigenvalue weighted by atomic mass is 9.81. The van der Waals surface area contributed by atoms with E-state index in [0.717, 1.165) is 22.3 Å². The molecule has 7 heteroatoms. The first-order valence-electron chi connectivity index (χ1n) is 11.8. The summed E-state index contributed by atoms with van der Waals surface area (Å²) >= 11 is 0. The predicted octanol–water partition coefficient (Wildman–Crippen LogP) is 4.12. The second-order valence-corrected chi connectivity index (χ2v) is 9.89. The maximum absolute atomic E-state index is 13.0. The number of benzene rings is 2. The third-order valence-corrected chi connectivity index (χ3v) is 7.73. The highest BCUT2D eigenvalue weighted by atomic mass is 16.5.